The molecular weight excluding hydrogens is 320 g/mol. The third-order valence-electron chi connectivity index (χ3n) is 3.75. The number of aldehydes is 1. The van der Waals surface area contributed by atoms with Gasteiger partial charge in [-0.25, -0.2) is 0 Å². The fourth-order valence-electron chi connectivity index (χ4n) is 2.75. The largest absolute Gasteiger partial charge is 0.492 e. The number of hydrogen-bond acceptors (Lipinski definition) is 5. The van der Waals surface area contributed by atoms with Crippen molar-refractivity contribution in [2.45, 2.75) is 65.8 Å². The molecule has 0 aromatic heterocycles. The van der Waals surface area contributed by atoms with Crippen LogP contribution in [0.1, 0.15) is 46.6 Å². The molecule has 0 unspecified atom stereocenters. The highest BCUT2D eigenvalue weighted by atomic mass is 16.5. The maximum Gasteiger partial charge on any atom is 0.167 e. The minimum Gasteiger partial charge on any atom is -0.492 e. The van der Waals surface area contributed by atoms with Gasteiger partial charge in [-0.1, -0.05) is 6.92 Å². The SMILES string of the molecule is COc1c(OC(C)C)ccc(OC(C)C)c1C[C@@H](C)C[C@@H](C=O)OC. The molecule has 142 valence electrons. The van der Waals surface area contributed by atoms with E-state index in [1.807, 2.05) is 39.8 Å². The summed E-state index contributed by atoms with van der Waals surface area (Å²) in [5.41, 5.74) is 0.961. The fraction of sp³-hybridized carbons (Fsp3) is 0.650. The molecule has 0 heterocycles. The van der Waals surface area contributed by atoms with Gasteiger partial charge in [0.15, 0.2) is 11.5 Å². The first kappa shape index (κ1) is 21.3. The van der Waals surface area contributed by atoms with Crippen molar-refractivity contribution in [2.75, 3.05) is 14.2 Å². The molecule has 0 saturated carbocycles. The predicted octanol–water partition coefficient (Wildman–Crippen LogP) is 4.05. The smallest absolute Gasteiger partial charge is 0.167 e. The highest BCUT2D eigenvalue weighted by Gasteiger charge is 2.21. The summed E-state index contributed by atoms with van der Waals surface area (Å²) in [6.45, 7) is 10.0. The molecule has 0 fully saturated rings. The second-order valence-corrected chi connectivity index (χ2v) is 6.86. The summed E-state index contributed by atoms with van der Waals surface area (Å²) in [6.07, 6.45) is 1.89. The second kappa shape index (κ2) is 10.3. The van der Waals surface area contributed by atoms with Crippen molar-refractivity contribution < 1.29 is 23.7 Å². The van der Waals surface area contributed by atoms with E-state index >= 15 is 0 Å². The van der Waals surface area contributed by atoms with Crippen LogP contribution in [0.5, 0.6) is 17.2 Å². The predicted molar refractivity (Wildman–Crippen MR) is 98.9 cm³/mol. The summed E-state index contributed by atoms with van der Waals surface area (Å²) < 4.78 is 22.7. The molecule has 0 aliphatic rings. The van der Waals surface area contributed by atoms with Crippen LogP contribution in [-0.2, 0) is 16.0 Å². The molecule has 1 rings (SSSR count). The Hall–Kier alpha value is -1.75. The maximum absolute atomic E-state index is 11.0. The minimum atomic E-state index is -0.398. The first-order valence-corrected chi connectivity index (χ1v) is 8.83. The van der Waals surface area contributed by atoms with Crippen molar-refractivity contribution in [2.24, 2.45) is 5.92 Å². The number of methoxy groups -OCH3 is 2. The highest BCUT2D eigenvalue weighted by Crippen LogP contribution is 2.40. The Morgan fingerprint density at radius 2 is 1.52 bits per heavy atom. The number of carbonyl (C=O) groups excluding carboxylic acids is 1. The van der Waals surface area contributed by atoms with Gasteiger partial charge in [-0.15, -0.1) is 0 Å². The van der Waals surface area contributed by atoms with Gasteiger partial charge in [0.05, 0.1) is 19.3 Å². The zero-order chi connectivity index (χ0) is 19.0. The molecule has 0 bridgehead atoms. The van der Waals surface area contributed by atoms with E-state index in [0.717, 1.165) is 17.6 Å². The molecular formula is C20H32O5. The van der Waals surface area contributed by atoms with E-state index in [2.05, 4.69) is 6.92 Å². The van der Waals surface area contributed by atoms with Crippen molar-refractivity contribution >= 4 is 6.29 Å². The Morgan fingerprint density at radius 1 is 0.960 bits per heavy atom. The van der Waals surface area contributed by atoms with Crippen LogP contribution >= 0.6 is 0 Å². The lowest BCUT2D eigenvalue weighted by Crippen LogP contribution is -2.18. The summed E-state index contributed by atoms with van der Waals surface area (Å²) in [4.78, 5) is 11.0. The molecule has 0 N–H and O–H groups in total. The molecule has 0 aliphatic heterocycles. The average molecular weight is 352 g/mol. The van der Waals surface area contributed by atoms with E-state index in [4.69, 9.17) is 18.9 Å². The molecule has 0 amide bonds. The third kappa shape index (κ3) is 6.58. The van der Waals surface area contributed by atoms with E-state index in [1.54, 1.807) is 14.2 Å². The van der Waals surface area contributed by atoms with E-state index in [9.17, 15) is 4.79 Å². The number of carbonyl (C=O) groups is 1. The lowest BCUT2D eigenvalue weighted by molar-refractivity contribution is -0.117. The lowest BCUT2D eigenvalue weighted by atomic mass is 9.94. The number of hydrogen-bond donors (Lipinski definition) is 0. The Kier molecular flexibility index (Phi) is 8.76. The average Bonchev–Trinajstić information content (AvgIpc) is 2.54. The monoisotopic (exact) mass is 352 g/mol. The molecule has 5 nitrogen and oxygen atoms in total. The number of rotatable bonds is 11. The minimum absolute atomic E-state index is 0.0453. The standard InChI is InChI=1S/C20H32O5/c1-13(2)24-18-8-9-19(25-14(3)4)20(23-7)17(18)11-15(5)10-16(12-21)22-6/h8-9,12-16H,10-11H2,1-7H3/t15-,16-/m0/s1. The van der Waals surface area contributed by atoms with E-state index < -0.39 is 6.10 Å². The van der Waals surface area contributed by atoms with Gasteiger partial charge in [0, 0.05) is 12.7 Å². The first-order valence-electron chi connectivity index (χ1n) is 8.83. The molecule has 1 aromatic rings. The zero-order valence-electron chi connectivity index (χ0n) is 16.5. The Bertz CT molecular complexity index is 539. The van der Waals surface area contributed by atoms with Crippen LogP contribution in [0.2, 0.25) is 0 Å². The Morgan fingerprint density at radius 3 is 2.00 bits per heavy atom. The van der Waals surface area contributed by atoms with Gasteiger partial charge in [0.25, 0.3) is 0 Å². The van der Waals surface area contributed by atoms with Crippen molar-refractivity contribution in [3.63, 3.8) is 0 Å². The van der Waals surface area contributed by atoms with E-state index in [-0.39, 0.29) is 18.1 Å². The van der Waals surface area contributed by atoms with Gasteiger partial charge in [-0.05, 0) is 58.6 Å². The summed E-state index contributed by atoms with van der Waals surface area (Å²) in [5, 5.41) is 0. The molecule has 5 heteroatoms. The molecule has 0 spiro atoms. The third-order valence-corrected chi connectivity index (χ3v) is 3.75. The van der Waals surface area contributed by atoms with Gasteiger partial charge in [0.1, 0.15) is 18.1 Å². The van der Waals surface area contributed by atoms with Crippen molar-refractivity contribution in [3.05, 3.63) is 17.7 Å². The molecule has 0 saturated heterocycles. The van der Waals surface area contributed by atoms with Crippen LogP contribution in [0.3, 0.4) is 0 Å². The first-order chi connectivity index (χ1) is 11.8. The maximum atomic E-state index is 11.0. The molecule has 0 radical (unpaired) electrons. The van der Waals surface area contributed by atoms with Crippen LogP contribution in [-0.4, -0.2) is 38.8 Å². The van der Waals surface area contributed by atoms with Gasteiger partial charge >= 0.3 is 0 Å². The van der Waals surface area contributed by atoms with E-state index in [0.29, 0.717) is 24.3 Å². The summed E-state index contributed by atoms with van der Waals surface area (Å²) in [6, 6.07) is 3.81. The van der Waals surface area contributed by atoms with Crippen LogP contribution in [0, 0.1) is 5.92 Å². The Balaban J connectivity index is 3.18. The number of ether oxygens (including phenoxy) is 4. The molecule has 1 aromatic carbocycles. The lowest BCUT2D eigenvalue weighted by Gasteiger charge is -2.23. The summed E-state index contributed by atoms with van der Waals surface area (Å²) >= 11 is 0. The van der Waals surface area contributed by atoms with Crippen LogP contribution in [0.25, 0.3) is 0 Å². The zero-order valence-corrected chi connectivity index (χ0v) is 16.5. The fourth-order valence-corrected chi connectivity index (χ4v) is 2.75. The summed E-state index contributed by atoms with van der Waals surface area (Å²) in [7, 11) is 3.19. The van der Waals surface area contributed by atoms with Crippen molar-refractivity contribution in [1.29, 1.82) is 0 Å². The highest BCUT2D eigenvalue weighted by molar-refractivity contribution is 5.56. The van der Waals surface area contributed by atoms with Crippen LogP contribution in [0.15, 0.2) is 12.1 Å². The molecule has 25 heavy (non-hydrogen) atoms. The van der Waals surface area contributed by atoms with Gasteiger partial charge < -0.3 is 23.7 Å². The Labute approximate surface area is 151 Å². The van der Waals surface area contributed by atoms with Gasteiger partial charge in [-0.3, -0.25) is 0 Å². The number of benzene rings is 1. The van der Waals surface area contributed by atoms with Gasteiger partial charge in [0.2, 0.25) is 0 Å². The molecule has 2 atom stereocenters. The van der Waals surface area contributed by atoms with Gasteiger partial charge in [-0.2, -0.15) is 0 Å². The summed E-state index contributed by atoms with van der Waals surface area (Å²) in [5.74, 6) is 2.40. The quantitative estimate of drug-likeness (QED) is 0.562. The van der Waals surface area contributed by atoms with Crippen LogP contribution in [0.4, 0.5) is 0 Å². The van der Waals surface area contributed by atoms with Crippen LogP contribution < -0.4 is 14.2 Å². The van der Waals surface area contributed by atoms with E-state index in [1.165, 1.54) is 0 Å². The van der Waals surface area contributed by atoms with Crippen molar-refractivity contribution in [3.8, 4) is 17.2 Å². The van der Waals surface area contributed by atoms with Crippen molar-refractivity contribution in [1.82, 2.24) is 0 Å². The topological polar surface area (TPSA) is 54.0 Å². The molecule has 0 aliphatic carbocycles. The normalized spacial score (nSPS) is 13.6. The second-order valence-electron chi connectivity index (χ2n) is 6.86.